The van der Waals surface area contributed by atoms with Crippen LogP contribution >= 0.6 is 0 Å². The van der Waals surface area contributed by atoms with Gasteiger partial charge in [0.05, 0.1) is 16.2 Å². The van der Waals surface area contributed by atoms with E-state index in [9.17, 15) is 0 Å². The molecule has 3 aliphatic carbocycles. The summed E-state index contributed by atoms with van der Waals surface area (Å²) < 4.78 is 0. The van der Waals surface area contributed by atoms with Crippen molar-refractivity contribution >= 4 is 80.4 Å². The summed E-state index contributed by atoms with van der Waals surface area (Å²) in [4.78, 5) is 9.55. The van der Waals surface area contributed by atoms with Crippen LogP contribution in [0.3, 0.4) is 0 Å². The number of para-hydroxylation sites is 4. The summed E-state index contributed by atoms with van der Waals surface area (Å²) in [5.74, 6) is 0. The minimum absolute atomic E-state index is 0.572. The predicted molar refractivity (Wildman–Crippen MR) is 548 cm³/mol. The molecule has 4 nitrogen and oxygen atoms in total. The lowest BCUT2D eigenvalue weighted by Gasteiger charge is -2.35. The highest BCUT2D eigenvalue weighted by atomic mass is 15.2. The van der Waals surface area contributed by atoms with Crippen LogP contribution in [-0.2, 0) is 16.2 Å². The maximum absolute atomic E-state index is 4.11. The zero-order valence-electron chi connectivity index (χ0n) is 72.4. The highest BCUT2D eigenvalue weighted by Gasteiger charge is 2.50. The monoisotopic (exact) mass is 1670 g/mol. The molecule has 0 spiro atoms. The van der Waals surface area contributed by atoms with E-state index in [2.05, 4.69) is 542 Å². The molecular weight excluding hydrogens is 1580 g/mol. The average Bonchev–Trinajstić information content (AvgIpc) is 1.56. The van der Waals surface area contributed by atoms with Gasteiger partial charge in [-0.25, -0.2) is 0 Å². The topological polar surface area (TPSA) is 13.0 Å². The molecule has 0 saturated carbocycles. The van der Waals surface area contributed by atoms with Gasteiger partial charge in [0.2, 0.25) is 0 Å². The van der Waals surface area contributed by atoms with Gasteiger partial charge >= 0.3 is 0 Å². The Labute approximate surface area is 767 Å². The van der Waals surface area contributed by atoms with Crippen molar-refractivity contribution < 1.29 is 0 Å². The Morgan fingerprint density at radius 1 is 0.145 bits per heavy atom. The van der Waals surface area contributed by atoms with Crippen molar-refractivity contribution in [3.63, 3.8) is 0 Å². The van der Waals surface area contributed by atoms with Crippen LogP contribution in [0.4, 0.5) is 68.2 Å². The maximum atomic E-state index is 4.11. The molecule has 0 N–H and O–H groups in total. The van der Waals surface area contributed by atoms with Crippen LogP contribution < -0.4 is 19.6 Å². The Morgan fingerprint density at radius 2 is 0.321 bits per heavy atom. The molecule has 2 unspecified atom stereocenters. The lowest BCUT2D eigenvalue weighted by Crippen LogP contribution is -2.28. The Morgan fingerprint density at radius 3 is 0.573 bits per heavy atom. The number of hydrogen-bond acceptors (Lipinski definition) is 4. The van der Waals surface area contributed by atoms with Crippen molar-refractivity contribution in [2.75, 3.05) is 19.6 Å². The molecule has 0 aliphatic heterocycles. The second-order valence-electron chi connectivity index (χ2n) is 34.2. The third-order valence-corrected chi connectivity index (χ3v) is 27.4. The molecule has 0 radical (unpaired) electrons. The Hall–Kier alpha value is -16.9. The summed E-state index contributed by atoms with van der Waals surface area (Å²) in [5, 5.41) is 0. The van der Waals surface area contributed by atoms with Crippen molar-refractivity contribution in [2.24, 2.45) is 0 Å². The Bertz CT molecular complexity index is 7140. The lowest BCUT2D eigenvalue weighted by molar-refractivity contribution is 0.768. The summed E-state index contributed by atoms with van der Waals surface area (Å²) in [6.45, 7) is 8.22. The number of rotatable bonds is 22. The molecule has 20 aromatic rings. The van der Waals surface area contributed by atoms with Gasteiger partial charge < -0.3 is 19.6 Å². The Balaban J connectivity index is 0.550. The van der Waals surface area contributed by atoms with Crippen LogP contribution in [0.15, 0.2) is 523 Å². The molecule has 131 heavy (non-hydrogen) atoms. The lowest BCUT2D eigenvalue weighted by atomic mass is 9.67. The summed E-state index contributed by atoms with van der Waals surface area (Å²) in [6, 6.07) is 188. The van der Waals surface area contributed by atoms with Crippen LogP contribution in [0.25, 0.3) is 67.8 Å². The van der Waals surface area contributed by atoms with Gasteiger partial charge in [-0.05, 0) is 279 Å². The van der Waals surface area contributed by atoms with E-state index in [-0.39, 0.29) is 0 Å². The predicted octanol–water partition coefficient (Wildman–Crippen LogP) is 33.3. The zero-order chi connectivity index (χ0) is 87.4. The van der Waals surface area contributed by atoms with Gasteiger partial charge in [-0.1, -0.05) is 389 Å². The van der Waals surface area contributed by atoms with E-state index in [1.807, 2.05) is 12.2 Å². The van der Waals surface area contributed by atoms with E-state index in [4.69, 9.17) is 0 Å². The van der Waals surface area contributed by atoms with Crippen molar-refractivity contribution in [2.45, 2.75) is 16.2 Å². The Kier molecular flexibility index (Phi) is 19.9. The first-order chi connectivity index (χ1) is 64.9. The second kappa shape index (κ2) is 33.1. The first-order valence-electron chi connectivity index (χ1n) is 45.1. The first kappa shape index (κ1) is 78.8. The molecule has 0 bridgehead atoms. The third kappa shape index (κ3) is 13.2. The summed E-state index contributed by atoms with van der Waals surface area (Å²) in [6.07, 6.45) is 3.84. The van der Waals surface area contributed by atoms with Crippen LogP contribution in [0.1, 0.15) is 77.9 Å². The van der Waals surface area contributed by atoms with Crippen molar-refractivity contribution in [3.05, 3.63) is 601 Å². The molecule has 0 saturated heterocycles. The zero-order valence-corrected chi connectivity index (χ0v) is 72.4. The highest BCUT2D eigenvalue weighted by Crippen LogP contribution is 2.62. The molecule has 23 rings (SSSR count). The second-order valence-corrected chi connectivity index (χ2v) is 34.2. The van der Waals surface area contributed by atoms with Gasteiger partial charge in [0.25, 0.3) is 0 Å². The van der Waals surface area contributed by atoms with Gasteiger partial charge in [0.15, 0.2) is 0 Å². The average molecular weight is 1670 g/mol. The fourth-order valence-electron chi connectivity index (χ4n) is 21.6. The molecule has 0 heterocycles. The molecule has 20 aromatic carbocycles. The van der Waals surface area contributed by atoms with Crippen molar-refractivity contribution in [3.8, 4) is 55.6 Å². The largest absolute Gasteiger partial charge is 0.311 e. The van der Waals surface area contributed by atoms with Crippen LogP contribution in [0.2, 0.25) is 0 Å². The van der Waals surface area contributed by atoms with E-state index < -0.39 is 16.2 Å². The van der Waals surface area contributed by atoms with E-state index in [1.54, 1.807) is 0 Å². The third-order valence-electron chi connectivity index (χ3n) is 27.4. The first-order valence-corrected chi connectivity index (χ1v) is 45.1. The van der Waals surface area contributed by atoms with E-state index in [1.165, 1.54) is 100 Å². The number of benzene rings is 20. The minimum atomic E-state index is -0.661. The van der Waals surface area contributed by atoms with Gasteiger partial charge in [-0.15, -0.1) is 0 Å². The molecule has 618 valence electrons. The molecule has 0 aromatic heterocycles. The van der Waals surface area contributed by atoms with E-state index in [0.717, 1.165) is 102 Å². The molecule has 0 fully saturated rings. The summed E-state index contributed by atoms with van der Waals surface area (Å²) in [5.41, 5.74) is 39.9. The molecule has 0 amide bonds. The van der Waals surface area contributed by atoms with E-state index >= 15 is 0 Å². The standard InChI is InChI=1S/C127H90N4/c1-3-89-51-63-97(64-52-89)126(95-31-11-5-12-32-95)121-49-29-25-45-115(121)117-85-83-111(87-123(117)126)130(103-39-19-9-20-40-103)107-75-59-93(60-76-107)91-55-71-105(72-56-91)128(101-35-15-7-16-36-101)109-79-67-99(68-80-109)125(119-47-27-23-43-113(119)114-44-24-28-48-120(114)125)100-69-81-110(82-70-100)129(102-37-17-8-18-38-102)106-73-57-92(58-74-106)94-61-77-108(78-62-94)131(104-41-21-10-22-42-104)112-84-86-118-116-46-26-30-50-122(116)127(124(118)88-112,96-33-13-6-14-34-96)98-65-53-90(4-2)54-66-98/h3-88H,1-2H2. The van der Waals surface area contributed by atoms with Crippen LogP contribution in [-0.4, -0.2) is 0 Å². The minimum Gasteiger partial charge on any atom is -0.311 e. The summed E-state index contributed by atoms with van der Waals surface area (Å²) >= 11 is 0. The smallest absolute Gasteiger partial charge is 0.0714 e. The molecule has 3 aliphatic rings. The van der Waals surface area contributed by atoms with Gasteiger partial charge in [-0.3, -0.25) is 0 Å². The van der Waals surface area contributed by atoms with Gasteiger partial charge in [0, 0.05) is 68.2 Å². The van der Waals surface area contributed by atoms with Crippen molar-refractivity contribution in [1.82, 2.24) is 0 Å². The molecule has 2 atom stereocenters. The number of fused-ring (bicyclic) bond motifs is 9. The number of nitrogens with zero attached hydrogens (tertiary/aromatic N) is 4. The summed E-state index contributed by atoms with van der Waals surface area (Å²) in [7, 11) is 0. The van der Waals surface area contributed by atoms with Crippen molar-refractivity contribution in [1.29, 1.82) is 0 Å². The fraction of sp³-hybridized carbons (Fsp3) is 0.0236. The van der Waals surface area contributed by atoms with Crippen LogP contribution in [0.5, 0.6) is 0 Å². The van der Waals surface area contributed by atoms with Crippen LogP contribution in [0, 0.1) is 0 Å². The normalized spacial score (nSPS) is 14.4. The number of anilines is 12. The molecular formula is C127H90N4. The van der Waals surface area contributed by atoms with Gasteiger partial charge in [0.1, 0.15) is 0 Å². The quantitative estimate of drug-likeness (QED) is 0.0670. The maximum Gasteiger partial charge on any atom is 0.0714 e. The van der Waals surface area contributed by atoms with Gasteiger partial charge in [-0.2, -0.15) is 0 Å². The number of hydrogen-bond donors (Lipinski definition) is 0. The SMILES string of the molecule is C=Cc1ccc(C2(c3ccccc3)c3ccccc3-c3ccc(N(c4ccccc4)c4ccc(-c5ccc(N(c6ccccc6)c6ccc(C7(c8ccc(N(c9ccccc9)c9ccc(-c%10ccc(N(c%11ccccc%11)c%11ccc%12c(c%11)C(c%11ccccc%11)(c%11ccc(C=C)cc%11)c%11ccccc%11-%12)cc%10)cc9)cc8)c8ccccc8-c8ccccc87)cc6)cc5)cc4)cc32)cc1. The van der Waals surface area contributed by atoms with E-state index in [0.29, 0.717) is 0 Å². The fourth-order valence-corrected chi connectivity index (χ4v) is 21.6. The highest BCUT2D eigenvalue weighted by molar-refractivity contribution is 5.94. The molecule has 4 heteroatoms.